The average molecular weight is 316 g/mol. The summed E-state index contributed by atoms with van der Waals surface area (Å²) < 4.78 is 0. The molecule has 0 spiro atoms. The van der Waals surface area contributed by atoms with Crippen LogP contribution in [0.25, 0.3) is 22.3 Å². The molecule has 0 bridgehead atoms. The highest BCUT2D eigenvalue weighted by Gasteiger charge is 2.27. The molecule has 2 aromatic carbocycles. The van der Waals surface area contributed by atoms with Gasteiger partial charge in [0.05, 0.1) is 5.69 Å². The molecule has 0 fully saturated rings. The Labute approximate surface area is 141 Å². The van der Waals surface area contributed by atoms with Gasteiger partial charge in [0.2, 0.25) is 5.95 Å². The second-order valence-corrected chi connectivity index (χ2v) is 6.55. The lowest BCUT2D eigenvalue weighted by molar-refractivity contribution is 0.869. The summed E-state index contributed by atoms with van der Waals surface area (Å²) >= 11 is 0. The van der Waals surface area contributed by atoms with Crippen LogP contribution in [0.3, 0.4) is 0 Å². The lowest BCUT2D eigenvalue weighted by Gasteiger charge is -2.16. The first kappa shape index (κ1) is 14.7. The molecule has 0 saturated carbocycles. The fourth-order valence-corrected chi connectivity index (χ4v) is 3.64. The number of hydrogen-bond donors (Lipinski definition) is 2. The summed E-state index contributed by atoms with van der Waals surface area (Å²) in [6.07, 6.45) is 0.749. The molecule has 24 heavy (non-hydrogen) atoms. The van der Waals surface area contributed by atoms with Crippen LogP contribution in [0.15, 0.2) is 42.5 Å². The summed E-state index contributed by atoms with van der Waals surface area (Å²) in [7, 11) is 0. The van der Waals surface area contributed by atoms with E-state index in [2.05, 4.69) is 66.3 Å². The van der Waals surface area contributed by atoms with Crippen molar-refractivity contribution in [1.82, 2.24) is 9.97 Å². The fraction of sp³-hybridized carbons (Fsp3) is 0.200. The van der Waals surface area contributed by atoms with Gasteiger partial charge in [-0.15, -0.1) is 0 Å². The second-order valence-electron chi connectivity index (χ2n) is 6.55. The van der Waals surface area contributed by atoms with E-state index in [1.807, 2.05) is 0 Å². The summed E-state index contributed by atoms with van der Waals surface area (Å²) in [6, 6.07) is 14.9. The number of nitrogens with zero attached hydrogens (tertiary/aromatic N) is 2. The molecule has 3 aromatic rings. The van der Waals surface area contributed by atoms with Gasteiger partial charge in [-0.2, -0.15) is 4.98 Å². The maximum atomic E-state index is 6.20. The Morgan fingerprint density at radius 1 is 0.875 bits per heavy atom. The number of rotatable bonds is 2. The molecule has 4 heteroatoms. The lowest BCUT2D eigenvalue weighted by Crippen LogP contribution is -2.03. The van der Waals surface area contributed by atoms with Gasteiger partial charge in [0, 0.05) is 12.0 Å². The molecule has 0 unspecified atom stereocenters. The topological polar surface area (TPSA) is 77.8 Å². The van der Waals surface area contributed by atoms with Crippen LogP contribution < -0.4 is 11.5 Å². The van der Waals surface area contributed by atoms with E-state index in [1.165, 1.54) is 22.3 Å². The van der Waals surface area contributed by atoms with Gasteiger partial charge in [0.1, 0.15) is 5.82 Å². The van der Waals surface area contributed by atoms with Crippen molar-refractivity contribution in [2.75, 3.05) is 11.5 Å². The van der Waals surface area contributed by atoms with E-state index in [9.17, 15) is 0 Å². The Kier molecular flexibility index (Phi) is 3.27. The van der Waals surface area contributed by atoms with Crippen LogP contribution in [-0.4, -0.2) is 9.97 Å². The second kappa shape index (κ2) is 5.34. The van der Waals surface area contributed by atoms with E-state index in [0.29, 0.717) is 11.7 Å². The molecular weight excluding hydrogens is 296 g/mol. The number of hydrogen-bond acceptors (Lipinski definition) is 4. The van der Waals surface area contributed by atoms with E-state index in [1.54, 1.807) is 0 Å². The Hall–Kier alpha value is -2.88. The quantitative estimate of drug-likeness (QED) is 0.586. The van der Waals surface area contributed by atoms with Crippen molar-refractivity contribution < 1.29 is 0 Å². The van der Waals surface area contributed by atoms with Crippen molar-refractivity contribution in [2.24, 2.45) is 0 Å². The highest BCUT2D eigenvalue weighted by Crippen LogP contribution is 2.45. The van der Waals surface area contributed by atoms with Crippen molar-refractivity contribution in [1.29, 1.82) is 0 Å². The zero-order valence-electron chi connectivity index (χ0n) is 13.9. The van der Waals surface area contributed by atoms with Gasteiger partial charge in [-0.1, -0.05) is 56.3 Å². The first-order valence-electron chi connectivity index (χ1n) is 8.19. The maximum Gasteiger partial charge on any atom is 0.222 e. The van der Waals surface area contributed by atoms with E-state index in [-0.39, 0.29) is 5.95 Å². The van der Waals surface area contributed by atoms with Crippen molar-refractivity contribution >= 4 is 11.8 Å². The normalized spacial score (nSPS) is 12.3. The fourth-order valence-electron chi connectivity index (χ4n) is 3.64. The Morgan fingerprint density at radius 2 is 1.62 bits per heavy atom. The third kappa shape index (κ3) is 2.14. The van der Waals surface area contributed by atoms with Crippen molar-refractivity contribution in [3.05, 3.63) is 59.3 Å². The largest absolute Gasteiger partial charge is 0.383 e. The molecule has 0 amide bonds. The van der Waals surface area contributed by atoms with E-state index >= 15 is 0 Å². The average Bonchev–Trinajstić information content (AvgIpc) is 2.93. The van der Waals surface area contributed by atoms with E-state index in [0.717, 1.165) is 23.2 Å². The minimum atomic E-state index is 0.239. The molecule has 0 atom stereocenters. The van der Waals surface area contributed by atoms with Gasteiger partial charge < -0.3 is 11.5 Å². The molecule has 0 aliphatic heterocycles. The first-order valence-corrected chi connectivity index (χ1v) is 8.19. The molecule has 0 saturated heterocycles. The standard InChI is InChI=1S/C20H20N4/c1-11(2)13-7-3-4-8-14(13)15-9-5-6-12-10-16-18(17(12)15)19(21)24-20(22)23-16/h3-9,11H,10H2,1-2H3,(H4,21,22,23,24). The molecule has 4 nitrogen and oxygen atoms in total. The first-order chi connectivity index (χ1) is 11.6. The molecule has 1 aliphatic rings. The number of nitrogens with two attached hydrogens (primary N) is 2. The molecule has 4 N–H and O–H groups in total. The summed E-state index contributed by atoms with van der Waals surface area (Å²) in [6.45, 7) is 4.43. The predicted molar refractivity (Wildman–Crippen MR) is 98.6 cm³/mol. The SMILES string of the molecule is CC(C)c1ccccc1-c1cccc2c1-c1c(N)nc(N)nc1C2. The van der Waals surface area contributed by atoms with E-state index < -0.39 is 0 Å². The molecule has 120 valence electrons. The monoisotopic (exact) mass is 316 g/mol. The number of aromatic nitrogens is 2. The molecule has 0 radical (unpaired) electrons. The Morgan fingerprint density at radius 3 is 2.42 bits per heavy atom. The van der Waals surface area contributed by atoms with Crippen LogP contribution >= 0.6 is 0 Å². The number of nitrogen functional groups attached to an aromatic ring is 2. The van der Waals surface area contributed by atoms with Crippen molar-refractivity contribution in [3.63, 3.8) is 0 Å². The smallest absolute Gasteiger partial charge is 0.222 e. The highest BCUT2D eigenvalue weighted by atomic mass is 15.0. The highest BCUT2D eigenvalue weighted by molar-refractivity contribution is 5.94. The summed E-state index contributed by atoms with van der Waals surface area (Å²) in [4.78, 5) is 8.59. The summed E-state index contributed by atoms with van der Waals surface area (Å²) in [5, 5.41) is 0. The number of benzene rings is 2. The molecule has 1 aromatic heterocycles. The zero-order valence-corrected chi connectivity index (χ0v) is 13.9. The third-order valence-corrected chi connectivity index (χ3v) is 4.66. The predicted octanol–water partition coefficient (Wildman–Crippen LogP) is 4.00. The molecule has 4 rings (SSSR count). The van der Waals surface area contributed by atoms with Crippen molar-refractivity contribution in [3.8, 4) is 22.3 Å². The van der Waals surface area contributed by atoms with Crippen LogP contribution in [0.4, 0.5) is 11.8 Å². The van der Waals surface area contributed by atoms with Gasteiger partial charge in [-0.3, -0.25) is 0 Å². The van der Waals surface area contributed by atoms with Crippen LogP contribution in [0.5, 0.6) is 0 Å². The Bertz CT molecular complexity index is 944. The lowest BCUT2D eigenvalue weighted by atomic mass is 9.88. The number of fused-ring (bicyclic) bond motifs is 3. The van der Waals surface area contributed by atoms with Gasteiger partial charge in [-0.25, -0.2) is 4.98 Å². The molecule has 1 heterocycles. The zero-order chi connectivity index (χ0) is 16.8. The van der Waals surface area contributed by atoms with Crippen LogP contribution in [0.2, 0.25) is 0 Å². The summed E-state index contributed by atoms with van der Waals surface area (Å²) in [5.41, 5.74) is 20.0. The van der Waals surface area contributed by atoms with E-state index in [4.69, 9.17) is 11.5 Å². The van der Waals surface area contributed by atoms with Gasteiger partial charge in [-0.05, 0) is 33.7 Å². The summed E-state index contributed by atoms with van der Waals surface area (Å²) in [5.74, 6) is 1.15. The van der Waals surface area contributed by atoms with Crippen LogP contribution in [0.1, 0.15) is 36.6 Å². The molecular formula is C20H20N4. The van der Waals surface area contributed by atoms with Crippen LogP contribution in [-0.2, 0) is 6.42 Å². The third-order valence-electron chi connectivity index (χ3n) is 4.66. The van der Waals surface area contributed by atoms with Gasteiger partial charge >= 0.3 is 0 Å². The molecule has 1 aliphatic carbocycles. The Balaban J connectivity index is 2.02. The minimum absolute atomic E-state index is 0.239. The van der Waals surface area contributed by atoms with Crippen molar-refractivity contribution in [2.45, 2.75) is 26.2 Å². The van der Waals surface area contributed by atoms with Gasteiger partial charge in [0.15, 0.2) is 0 Å². The number of anilines is 2. The maximum absolute atomic E-state index is 6.20. The van der Waals surface area contributed by atoms with Crippen LogP contribution in [0, 0.1) is 0 Å². The van der Waals surface area contributed by atoms with Gasteiger partial charge in [0.25, 0.3) is 0 Å². The minimum Gasteiger partial charge on any atom is -0.383 e.